The Balaban J connectivity index is 2.02. The quantitative estimate of drug-likeness (QED) is 0.612. The zero-order chi connectivity index (χ0) is 16.2. The van der Waals surface area contributed by atoms with Gasteiger partial charge in [-0.25, -0.2) is 4.98 Å². The zero-order valence-corrected chi connectivity index (χ0v) is 13.3. The summed E-state index contributed by atoms with van der Waals surface area (Å²) in [6.45, 7) is 0. The van der Waals surface area contributed by atoms with Crippen LogP contribution in [-0.2, 0) is 0 Å². The minimum absolute atomic E-state index is 0.216. The molecular weight excluding hydrogens is 331 g/mol. The van der Waals surface area contributed by atoms with Crippen molar-refractivity contribution in [3.05, 3.63) is 76.3 Å². The second-order valence-electron chi connectivity index (χ2n) is 4.70. The van der Waals surface area contributed by atoms with Crippen LogP contribution in [0, 0.1) is 11.3 Å². The highest BCUT2D eigenvalue weighted by molar-refractivity contribution is 6.32. The van der Waals surface area contributed by atoms with Gasteiger partial charge in [0.25, 0.3) is 0 Å². The molecule has 3 nitrogen and oxygen atoms in total. The van der Waals surface area contributed by atoms with Crippen molar-refractivity contribution in [2.24, 2.45) is 0 Å². The van der Waals surface area contributed by atoms with Crippen LogP contribution in [0.25, 0.3) is 11.3 Å². The first-order chi connectivity index (χ1) is 11.2. The number of benzene rings is 2. The normalized spacial score (nSPS) is 10.1. The summed E-state index contributed by atoms with van der Waals surface area (Å²) in [6, 6.07) is 19.8. The summed E-state index contributed by atoms with van der Waals surface area (Å²) in [4.78, 5) is 4.43. The van der Waals surface area contributed by atoms with E-state index in [9.17, 15) is 5.26 Å². The predicted octanol–water partition coefficient (Wildman–Crippen LogP) is 5.72. The number of nitrogens with zero attached hydrogens (tertiary/aromatic N) is 2. The SMILES string of the molecule is N#Cc1ccc(-c2ccc(Cl)cc2)nc1Oc1ccccc1Cl. The Kier molecular flexibility index (Phi) is 4.47. The lowest BCUT2D eigenvalue weighted by molar-refractivity contribution is 0.462. The fraction of sp³-hybridized carbons (Fsp3) is 0. The molecule has 1 heterocycles. The summed E-state index contributed by atoms with van der Waals surface area (Å²) in [7, 11) is 0. The molecule has 5 heteroatoms. The third-order valence-corrected chi connectivity index (χ3v) is 3.73. The van der Waals surface area contributed by atoms with Crippen molar-refractivity contribution in [1.82, 2.24) is 4.98 Å². The molecule has 112 valence electrons. The lowest BCUT2D eigenvalue weighted by Crippen LogP contribution is -1.94. The maximum absolute atomic E-state index is 9.24. The highest BCUT2D eigenvalue weighted by Crippen LogP contribution is 2.31. The summed E-state index contributed by atoms with van der Waals surface area (Å²) in [5.74, 6) is 0.666. The van der Waals surface area contributed by atoms with Crippen molar-refractivity contribution >= 4 is 23.2 Å². The van der Waals surface area contributed by atoms with Gasteiger partial charge in [-0.2, -0.15) is 5.26 Å². The summed E-state index contributed by atoms with van der Waals surface area (Å²) in [5, 5.41) is 10.3. The monoisotopic (exact) mass is 340 g/mol. The molecule has 0 radical (unpaired) electrons. The van der Waals surface area contributed by atoms with Crippen molar-refractivity contribution in [3.63, 3.8) is 0 Å². The van der Waals surface area contributed by atoms with Crippen molar-refractivity contribution in [1.29, 1.82) is 5.26 Å². The number of rotatable bonds is 3. The largest absolute Gasteiger partial charge is 0.436 e. The number of halogens is 2. The zero-order valence-electron chi connectivity index (χ0n) is 11.8. The van der Waals surface area contributed by atoms with Crippen molar-refractivity contribution in [2.45, 2.75) is 0 Å². The molecule has 2 aromatic carbocycles. The van der Waals surface area contributed by atoms with Crippen molar-refractivity contribution in [3.8, 4) is 29.0 Å². The Labute approximate surface area is 143 Å². The van der Waals surface area contributed by atoms with E-state index < -0.39 is 0 Å². The second-order valence-corrected chi connectivity index (χ2v) is 5.54. The molecule has 0 aliphatic heterocycles. The third kappa shape index (κ3) is 3.45. The first-order valence-corrected chi connectivity index (χ1v) is 7.52. The fourth-order valence-corrected chi connectivity index (χ4v) is 2.32. The van der Waals surface area contributed by atoms with Crippen molar-refractivity contribution < 1.29 is 4.74 Å². The van der Waals surface area contributed by atoms with E-state index in [0.717, 1.165) is 5.56 Å². The Hall–Kier alpha value is -2.54. The van der Waals surface area contributed by atoms with E-state index in [1.54, 1.807) is 48.5 Å². The minimum Gasteiger partial charge on any atom is -0.436 e. The molecule has 0 saturated carbocycles. The summed E-state index contributed by atoms with van der Waals surface area (Å²) < 4.78 is 5.73. The Morgan fingerprint density at radius 1 is 0.913 bits per heavy atom. The summed E-state index contributed by atoms with van der Waals surface area (Å²) in [6.07, 6.45) is 0. The van der Waals surface area contributed by atoms with Gasteiger partial charge in [0.15, 0.2) is 0 Å². The molecule has 0 aliphatic carbocycles. The van der Waals surface area contributed by atoms with E-state index in [1.165, 1.54) is 0 Å². The van der Waals surface area contributed by atoms with Gasteiger partial charge in [0.1, 0.15) is 17.4 Å². The Morgan fingerprint density at radius 2 is 1.65 bits per heavy atom. The number of nitriles is 1. The van der Waals surface area contributed by atoms with Gasteiger partial charge in [-0.05, 0) is 36.4 Å². The van der Waals surface area contributed by atoms with Gasteiger partial charge in [0.2, 0.25) is 5.88 Å². The summed E-state index contributed by atoms with van der Waals surface area (Å²) >= 11 is 12.0. The standard InChI is InChI=1S/C18H10Cl2N2O/c19-14-8-5-12(6-9-14)16-10-7-13(11-21)18(22-16)23-17-4-2-1-3-15(17)20/h1-10H. The molecule has 23 heavy (non-hydrogen) atoms. The van der Waals surface area contributed by atoms with Crippen LogP contribution in [0.1, 0.15) is 5.56 Å². The molecule has 0 bridgehead atoms. The Bertz CT molecular complexity index is 886. The van der Waals surface area contributed by atoms with Gasteiger partial charge >= 0.3 is 0 Å². The molecule has 0 fully saturated rings. The van der Waals surface area contributed by atoms with Crippen LogP contribution in [0.15, 0.2) is 60.7 Å². The smallest absolute Gasteiger partial charge is 0.237 e. The van der Waals surface area contributed by atoms with Crippen LogP contribution in [0.3, 0.4) is 0 Å². The average Bonchev–Trinajstić information content (AvgIpc) is 2.57. The van der Waals surface area contributed by atoms with Gasteiger partial charge < -0.3 is 4.74 Å². The van der Waals surface area contributed by atoms with E-state index in [1.807, 2.05) is 12.1 Å². The maximum atomic E-state index is 9.24. The number of hydrogen-bond donors (Lipinski definition) is 0. The van der Waals surface area contributed by atoms with E-state index in [-0.39, 0.29) is 5.88 Å². The number of para-hydroxylation sites is 1. The molecule has 0 amide bonds. The van der Waals surface area contributed by atoms with Crippen LogP contribution in [0.2, 0.25) is 10.0 Å². The average molecular weight is 341 g/mol. The lowest BCUT2D eigenvalue weighted by atomic mass is 10.1. The maximum Gasteiger partial charge on any atom is 0.237 e. The topological polar surface area (TPSA) is 45.9 Å². The van der Waals surface area contributed by atoms with Gasteiger partial charge in [-0.1, -0.05) is 47.5 Å². The van der Waals surface area contributed by atoms with Gasteiger partial charge in [-0.15, -0.1) is 0 Å². The molecule has 0 aliphatic rings. The van der Waals surface area contributed by atoms with Gasteiger partial charge in [0.05, 0.1) is 10.7 Å². The summed E-state index contributed by atoms with van der Waals surface area (Å²) in [5.41, 5.74) is 1.90. The molecule has 0 saturated heterocycles. The lowest BCUT2D eigenvalue weighted by Gasteiger charge is -2.09. The van der Waals surface area contributed by atoms with Gasteiger partial charge in [0, 0.05) is 10.6 Å². The van der Waals surface area contributed by atoms with Crippen LogP contribution in [-0.4, -0.2) is 4.98 Å². The molecule has 0 spiro atoms. The number of aromatic nitrogens is 1. The molecule has 0 N–H and O–H groups in total. The fourth-order valence-electron chi connectivity index (χ4n) is 2.02. The van der Waals surface area contributed by atoms with Crippen molar-refractivity contribution in [2.75, 3.05) is 0 Å². The predicted molar refractivity (Wildman–Crippen MR) is 90.9 cm³/mol. The van der Waals surface area contributed by atoms with Crippen LogP contribution >= 0.6 is 23.2 Å². The van der Waals surface area contributed by atoms with Gasteiger partial charge in [-0.3, -0.25) is 0 Å². The molecular formula is C18H10Cl2N2O. The molecule has 0 atom stereocenters. The van der Waals surface area contributed by atoms with E-state index in [0.29, 0.717) is 27.1 Å². The van der Waals surface area contributed by atoms with Crippen LogP contribution in [0.5, 0.6) is 11.6 Å². The molecule has 3 rings (SSSR count). The highest BCUT2D eigenvalue weighted by Gasteiger charge is 2.11. The Morgan fingerprint density at radius 3 is 2.35 bits per heavy atom. The number of pyridine rings is 1. The molecule has 0 unspecified atom stereocenters. The third-order valence-electron chi connectivity index (χ3n) is 3.16. The highest BCUT2D eigenvalue weighted by atomic mass is 35.5. The van der Waals surface area contributed by atoms with Crippen LogP contribution < -0.4 is 4.74 Å². The van der Waals surface area contributed by atoms with E-state index >= 15 is 0 Å². The van der Waals surface area contributed by atoms with E-state index in [2.05, 4.69) is 11.1 Å². The van der Waals surface area contributed by atoms with E-state index in [4.69, 9.17) is 27.9 Å². The first-order valence-electron chi connectivity index (χ1n) is 6.77. The second kappa shape index (κ2) is 6.70. The molecule has 1 aromatic heterocycles. The van der Waals surface area contributed by atoms with Crippen LogP contribution in [0.4, 0.5) is 0 Å². The number of hydrogen-bond acceptors (Lipinski definition) is 3. The molecule has 3 aromatic rings. The first kappa shape index (κ1) is 15.4. The minimum atomic E-state index is 0.216. The number of ether oxygens (including phenoxy) is 1.